The van der Waals surface area contributed by atoms with Crippen LogP contribution >= 0.6 is 0 Å². The second kappa shape index (κ2) is 6.74. The molecule has 1 fully saturated rings. The normalized spacial score (nSPS) is 15.5. The highest BCUT2D eigenvalue weighted by Crippen LogP contribution is 2.52. The number of aryl methyl sites for hydroxylation is 1. The van der Waals surface area contributed by atoms with E-state index < -0.39 is 21.5 Å². The number of methoxy groups -OCH3 is 1. The molecule has 1 aliphatic rings. The third-order valence-corrected chi connectivity index (χ3v) is 5.95. The monoisotopic (exact) mass is 376 g/mol. The fourth-order valence-corrected chi connectivity index (χ4v) is 3.93. The Bertz CT molecular complexity index is 927. The number of hydrogen-bond acceptors (Lipinski definition) is 5. The molecule has 1 aliphatic carbocycles. The number of aromatic carboxylic acids is 1. The summed E-state index contributed by atoms with van der Waals surface area (Å²) in [7, 11) is -2.47. The summed E-state index contributed by atoms with van der Waals surface area (Å²) in [6.07, 6.45) is 1.41. The SMILES string of the molecule is COc1c(C(=O)O)cccc1C1(COS(=O)(=O)c2ccc(C)cc2)CC1. The zero-order chi connectivity index (χ0) is 18.9. The summed E-state index contributed by atoms with van der Waals surface area (Å²) in [5.41, 5.74) is 1.13. The molecule has 2 aromatic carbocycles. The van der Waals surface area contributed by atoms with Gasteiger partial charge in [-0.25, -0.2) is 4.79 Å². The van der Waals surface area contributed by atoms with E-state index in [0.717, 1.165) is 5.56 Å². The van der Waals surface area contributed by atoms with Crippen molar-refractivity contribution in [3.05, 3.63) is 59.2 Å². The van der Waals surface area contributed by atoms with Crippen LogP contribution in [-0.4, -0.2) is 33.2 Å². The molecule has 0 aromatic heterocycles. The lowest BCUT2D eigenvalue weighted by Crippen LogP contribution is -2.20. The van der Waals surface area contributed by atoms with Crippen LogP contribution in [0, 0.1) is 6.92 Å². The second-order valence-electron chi connectivity index (χ2n) is 6.50. The van der Waals surface area contributed by atoms with Crippen LogP contribution in [0.15, 0.2) is 47.4 Å². The minimum Gasteiger partial charge on any atom is -0.496 e. The van der Waals surface area contributed by atoms with E-state index in [0.29, 0.717) is 18.4 Å². The summed E-state index contributed by atoms with van der Waals surface area (Å²) in [6.45, 7) is 1.82. The largest absolute Gasteiger partial charge is 0.496 e. The smallest absolute Gasteiger partial charge is 0.339 e. The van der Waals surface area contributed by atoms with E-state index >= 15 is 0 Å². The van der Waals surface area contributed by atoms with Gasteiger partial charge in [-0.1, -0.05) is 29.8 Å². The highest BCUT2D eigenvalue weighted by molar-refractivity contribution is 7.86. The molecule has 0 saturated heterocycles. The van der Waals surface area contributed by atoms with Crippen molar-refractivity contribution in [3.8, 4) is 5.75 Å². The second-order valence-corrected chi connectivity index (χ2v) is 8.12. The summed E-state index contributed by atoms with van der Waals surface area (Å²) in [5.74, 6) is -0.832. The van der Waals surface area contributed by atoms with Crippen LogP contribution in [0.1, 0.15) is 34.3 Å². The first kappa shape index (κ1) is 18.4. The Balaban J connectivity index is 1.86. The van der Waals surface area contributed by atoms with Gasteiger partial charge in [-0.3, -0.25) is 4.18 Å². The van der Waals surface area contributed by atoms with Crippen molar-refractivity contribution in [1.82, 2.24) is 0 Å². The van der Waals surface area contributed by atoms with Crippen molar-refractivity contribution in [2.75, 3.05) is 13.7 Å². The van der Waals surface area contributed by atoms with Crippen molar-refractivity contribution in [3.63, 3.8) is 0 Å². The first-order valence-electron chi connectivity index (χ1n) is 8.16. The maximum Gasteiger partial charge on any atom is 0.339 e. The van der Waals surface area contributed by atoms with Crippen LogP contribution in [0.2, 0.25) is 0 Å². The minimum atomic E-state index is -3.88. The molecule has 2 aromatic rings. The van der Waals surface area contributed by atoms with Crippen molar-refractivity contribution >= 4 is 16.1 Å². The van der Waals surface area contributed by atoms with E-state index in [-0.39, 0.29) is 22.8 Å². The predicted octanol–water partition coefficient (Wildman–Crippen LogP) is 3.14. The number of rotatable bonds is 7. The highest BCUT2D eigenvalue weighted by atomic mass is 32.2. The fourth-order valence-electron chi connectivity index (χ4n) is 2.95. The molecule has 6 nitrogen and oxygen atoms in total. The highest BCUT2D eigenvalue weighted by Gasteiger charge is 2.48. The van der Waals surface area contributed by atoms with Gasteiger partial charge in [0.1, 0.15) is 11.3 Å². The average molecular weight is 376 g/mol. The molecule has 0 heterocycles. The third-order valence-electron chi connectivity index (χ3n) is 4.67. The predicted molar refractivity (Wildman–Crippen MR) is 95.2 cm³/mol. The first-order chi connectivity index (χ1) is 12.3. The Morgan fingerprint density at radius 1 is 1.15 bits per heavy atom. The van der Waals surface area contributed by atoms with E-state index in [1.54, 1.807) is 24.3 Å². The first-order valence-corrected chi connectivity index (χ1v) is 9.57. The van der Waals surface area contributed by atoms with E-state index in [1.165, 1.54) is 25.3 Å². The van der Waals surface area contributed by atoms with E-state index in [1.807, 2.05) is 6.92 Å². The summed E-state index contributed by atoms with van der Waals surface area (Å²) in [4.78, 5) is 11.5. The zero-order valence-corrected chi connectivity index (χ0v) is 15.4. The maximum absolute atomic E-state index is 12.4. The molecule has 1 N–H and O–H groups in total. The summed E-state index contributed by atoms with van der Waals surface area (Å²) in [6, 6.07) is 11.3. The van der Waals surface area contributed by atoms with Gasteiger partial charge in [0.05, 0.1) is 18.6 Å². The van der Waals surface area contributed by atoms with Gasteiger partial charge < -0.3 is 9.84 Å². The van der Waals surface area contributed by atoms with Crippen molar-refractivity contribution in [1.29, 1.82) is 0 Å². The molecule has 0 unspecified atom stereocenters. The Labute approximate surface area is 152 Å². The molecule has 1 saturated carbocycles. The van der Waals surface area contributed by atoms with Crippen LogP contribution in [0.25, 0.3) is 0 Å². The lowest BCUT2D eigenvalue weighted by molar-refractivity contribution is 0.0693. The van der Waals surface area contributed by atoms with E-state index in [4.69, 9.17) is 8.92 Å². The number of ether oxygens (including phenoxy) is 1. The maximum atomic E-state index is 12.4. The van der Waals surface area contributed by atoms with Gasteiger partial charge in [-0.15, -0.1) is 0 Å². The van der Waals surface area contributed by atoms with Crippen molar-refractivity contribution in [2.45, 2.75) is 30.1 Å². The Hall–Kier alpha value is -2.38. The lowest BCUT2D eigenvalue weighted by Gasteiger charge is -2.20. The quantitative estimate of drug-likeness (QED) is 0.747. The van der Waals surface area contributed by atoms with E-state index in [9.17, 15) is 18.3 Å². The van der Waals surface area contributed by atoms with Gasteiger partial charge in [0, 0.05) is 11.0 Å². The molecular formula is C19H20O6S. The lowest BCUT2D eigenvalue weighted by atomic mass is 9.94. The van der Waals surface area contributed by atoms with Crippen LogP contribution in [0.3, 0.4) is 0 Å². The topological polar surface area (TPSA) is 89.9 Å². The minimum absolute atomic E-state index is 0.0529. The van der Waals surface area contributed by atoms with Gasteiger partial charge in [0.15, 0.2) is 0 Å². The molecular weight excluding hydrogens is 356 g/mol. The van der Waals surface area contributed by atoms with Gasteiger partial charge in [0.2, 0.25) is 0 Å². The molecule has 0 spiro atoms. The molecule has 0 amide bonds. The Morgan fingerprint density at radius 3 is 2.35 bits per heavy atom. The summed E-state index contributed by atoms with van der Waals surface area (Å²) >= 11 is 0. The molecule has 0 atom stereocenters. The molecule has 0 aliphatic heterocycles. The van der Waals surface area contributed by atoms with Crippen LogP contribution in [0.4, 0.5) is 0 Å². The fraction of sp³-hybridized carbons (Fsp3) is 0.316. The molecule has 7 heteroatoms. The van der Waals surface area contributed by atoms with Crippen LogP contribution in [-0.2, 0) is 19.7 Å². The van der Waals surface area contributed by atoms with Gasteiger partial charge in [0.25, 0.3) is 10.1 Å². The standard InChI is InChI=1S/C19H20O6S/c1-13-6-8-14(9-7-13)26(22,23)25-12-19(10-11-19)16-5-3-4-15(18(20)21)17(16)24-2/h3-9H,10-12H2,1-2H3,(H,20,21). The molecule has 0 radical (unpaired) electrons. The van der Waals surface area contributed by atoms with Crippen molar-refractivity contribution in [2.24, 2.45) is 0 Å². The van der Waals surface area contributed by atoms with Gasteiger partial charge >= 0.3 is 5.97 Å². The molecule has 0 bridgehead atoms. The van der Waals surface area contributed by atoms with Crippen LogP contribution < -0.4 is 4.74 Å². The molecule has 3 rings (SSSR count). The van der Waals surface area contributed by atoms with Gasteiger partial charge in [-0.05, 0) is 38.0 Å². The number of hydrogen-bond donors (Lipinski definition) is 1. The van der Waals surface area contributed by atoms with E-state index in [2.05, 4.69) is 0 Å². The summed E-state index contributed by atoms with van der Waals surface area (Å²) < 4.78 is 35.5. The molecule has 138 valence electrons. The average Bonchev–Trinajstić information content (AvgIpc) is 3.41. The van der Waals surface area contributed by atoms with Crippen molar-refractivity contribution < 1.29 is 27.2 Å². The Morgan fingerprint density at radius 2 is 1.81 bits per heavy atom. The third kappa shape index (κ3) is 3.45. The number of carbonyl (C=O) groups is 1. The number of carboxylic acids is 1. The number of para-hydroxylation sites is 1. The number of benzene rings is 2. The van der Waals surface area contributed by atoms with Gasteiger partial charge in [-0.2, -0.15) is 8.42 Å². The van der Waals surface area contributed by atoms with Crippen LogP contribution in [0.5, 0.6) is 5.75 Å². The Kier molecular flexibility index (Phi) is 4.77. The number of carboxylic acid groups (broad SMARTS) is 1. The zero-order valence-electron chi connectivity index (χ0n) is 14.6. The summed E-state index contributed by atoms with van der Waals surface area (Å²) in [5, 5.41) is 9.33. The molecule has 26 heavy (non-hydrogen) atoms.